The van der Waals surface area contributed by atoms with E-state index >= 15 is 0 Å². The van der Waals surface area contributed by atoms with Crippen LogP contribution >= 0.6 is 0 Å². The van der Waals surface area contributed by atoms with Crippen molar-refractivity contribution in [3.63, 3.8) is 0 Å². The van der Waals surface area contributed by atoms with Crippen LogP contribution in [-0.2, 0) is 16.0 Å². The number of carbonyl (C=O) groups is 2. The van der Waals surface area contributed by atoms with E-state index in [-0.39, 0.29) is 28.8 Å². The summed E-state index contributed by atoms with van der Waals surface area (Å²) in [5.74, 6) is 0.914. The average molecular weight is 524 g/mol. The maximum absolute atomic E-state index is 13.5. The number of hydrogen-bond acceptors (Lipinski definition) is 7. The molecule has 0 saturated carbocycles. The highest BCUT2D eigenvalue weighted by Crippen LogP contribution is 2.50. The fourth-order valence-corrected chi connectivity index (χ4v) is 4.81. The first-order valence-corrected chi connectivity index (χ1v) is 12.6. The van der Waals surface area contributed by atoms with E-state index in [2.05, 4.69) is 22.5 Å². The molecule has 1 aliphatic rings. The molecule has 0 saturated heterocycles. The first-order valence-electron chi connectivity index (χ1n) is 12.6. The van der Waals surface area contributed by atoms with Gasteiger partial charge in [-0.3, -0.25) is 14.4 Å². The van der Waals surface area contributed by atoms with Crippen LogP contribution in [0.5, 0.6) is 17.2 Å². The van der Waals surface area contributed by atoms with Crippen molar-refractivity contribution in [2.45, 2.75) is 45.7 Å². The van der Waals surface area contributed by atoms with Gasteiger partial charge in [0.05, 0.1) is 33.1 Å². The molecule has 0 aliphatic heterocycles. The van der Waals surface area contributed by atoms with Crippen molar-refractivity contribution in [3.8, 4) is 28.4 Å². The summed E-state index contributed by atoms with van der Waals surface area (Å²) in [6.07, 6.45) is 2.76. The van der Waals surface area contributed by atoms with E-state index in [0.29, 0.717) is 42.2 Å². The topological polar surface area (TPSA) is 115 Å². The minimum absolute atomic E-state index is 0.0905. The van der Waals surface area contributed by atoms with E-state index in [1.54, 1.807) is 26.4 Å². The van der Waals surface area contributed by atoms with Crippen LogP contribution in [0.3, 0.4) is 0 Å². The number of hydrogen-bond donors (Lipinski definition) is 3. The molecule has 0 radical (unpaired) electrons. The first-order chi connectivity index (χ1) is 18.2. The number of carbonyl (C=O) groups excluding carboxylic acids is 2. The van der Waals surface area contributed by atoms with Gasteiger partial charge in [0.2, 0.25) is 23.0 Å². The SMILES string of the molecule is C=CCNC(=O)[C@@H](Nc1ccc2c(cc1=O)[C@@H](NC(C)=O)CCc1cc(OC)c(OC)c(OC)c1-2)C(C)C. The van der Waals surface area contributed by atoms with Crippen LogP contribution in [0.2, 0.25) is 0 Å². The molecule has 0 heterocycles. The van der Waals surface area contributed by atoms with Crippen LogP contribution in [-0.4, -0.2) is 45.7 Å². The molecule has 3 N–H and O–H groups in total. The normalized spacial score (nSPS) is 14.8. The molecule has 0 spiro atoms. The smallest absolute Gasteiger partial charge is 0.243 e. The minimum atomic E-state index is -0.637. The molecule has 0 fully saturated rings. The number of rotatable bonds is 10. The van der Waals surface area contributed by atoms with Crippen LogP contribution < -0.4 is 35.6 Å². The van der Waals surface area contributed by atoms with Crippen molar-refractivity contribution in [1.29, 1.82) is 0 Å². The van der Waals surface area contributed by atoms with Crippen LogP contribution in [0.15, 0.2) is 41.7 Å². The monoisotopic (exact) mass is 523 g/mol. The third-order valence-corrected chi connectivity index (χ3v) is 6.60. The maximum Gasteiger partial charge on any atom is 0.243 e. The number of methoxy groups -OCH3 is 3. The van der Waals surface area contributed by atoms with Crippen LogP contribution in [0, 0.1) is 5.92 Å². The van der Waals surface area contributed by atoms with Gasteiger partial charge in [-0.25, -0.2) is 0 Å². The first kappa shape index (κ1) is 28.6. The van der Waals surface area contributed by atoms with Gasteiger partial charge in [0.15, 0.2) is 11.5 Å². The fourth-order valence-electron chi connectivity index (χ4n) is 4.81. The van der Waals surface area contributed by atoms with Gasteiger partial charge in [-0.05, 0) is 53.6 Å². The highest BCUT2D eigenvalue weighted by Gasteiger charge is 2.30. The molecule has 38 heavy (non-hydrogen) atoms. The molecule has 3 rings (SSSR count). The third kappa shape index (κ3) is 5.93. The van der Waals surface area contributed by atoms with Crippen molar-refractivity contribution in [1.82, 2.24) is 10.6 Å². The molecule has 0 unspecified atom stereocenters. The van der Waals surface area contributed by atoms with Crippen LogP contribution in [0.25, 0.3) is 11.1 Å². The van der Waals surface area contributed by atoms with Crippen molar-refractivity contribution in [2.24, 2.45) is 5.92 Å². The molecule has 1 aliphatic carbocycles. The standard InChI is InChI=1S/C29H37N3O6/c1-8-13-30-29(35)26(16(2)3)32-22-12-10-19-20(15-23(22)34)21(31-17(4)33)11-9-18-14-24(36-5)27(37-6)28(38-7)25(18)19/h8,10,12,14-16,21,26H,1,9,11,13H2,2-7H3,(H,30,35)(H,31,33)(H,32,34)/t21-,26-/m0/s1. The second-order valence-electron chi connectivity index (χ2n) is 9.50. The van der Waals surface area contributed by atoms with E-state index in [9.17, 15) is 14.4 Å². The van der Waals surface area contributed by atoms with Gasteiger partial charge in [0.25, 0.3) is 0 Å². The largest absolute Gasteiger partial charge is 0.493 e. The van der Waals surface area contributed by atoms with Gasteiger partial charge in [0.1, 0.15) is 6.04 Å². The van der Waals surface area contributed by atoms with Crippen LogP contribution in [0.1, 0.15) is 44.4 Å². The number of anilines is 1. The van der Waals surface area contributed by atoms with E-state index in [1.807, 2.05) is 26.0 Å². The molecular weight excluding hydrogens is 486 g/mol. The summed E-state index contributed by atoms with van der Waals surface area (Å²) in [6, 6.07) is 5.88. The third-order valence-electron chi connectivity index (χ3n) is 6.60. The highest BCUT2D eigenvalue weighted by molar-refractivity contribution is 5.86. The number of amides is 2. The molecule has 2 amide bonds. The zero-order valence-electron chi connectivity index (χ0n) is 22.9. The molecule has 9 nitrogen and oxygen atoms in total. The Balaban J connectivity index is 2.27. The number of fused-ring (bicyclic) bond motifs is 3. The Kier molecular flexibility index (Phi) is 9.39. The molecule has 0 bridgehead atoms. The second-order valence-corrected chi connectivity index (χ2v) is 9.50. The lowest BCUT2D eigenvalue weighted by atomic mass is 9.95. The van der Waals surface area contributed by atoms with Gasteiger partial charge in [-0.2, -0.15) is 0 Å². The number of benzene rings is 1. The predicted octanol–water partition coefficient (Wildman–Crippen LogP) is 3.60. The average Bonchev–Trinajstić information content (AvgIpc) is 3.12. The minimum Gasteiger partial charge on any atom is -0.493 e. The Bertz CT molecular complexity index is 1270. The Morgan fingerprint density at radius 3 is 2.39 bits per heavy atom. The van der Waals surface area contributed by atoms with Crippen molar-refractivity contribution >= 4 is 17.5 Å². The summed E-state index contributed by atoms with van der Waals surface area (Å²) in [4.78, 5) is 38.4. The number of aryl methyl sites for hydroxylation is 1. The Morgan fingerprint density at radius 2 is 1.82 bits per heavy atom. The molecule has 0 aromatic heterocycles. The molecule has 2 atom stereocenters. The lowest BCUT2D eigenvalue weighted by molar-refractivity contribution is -0.122. The highest BCUT2D eigenvalue weighted by atomic mass is 16.5. The summed E-state index contributed by atoms with van der Waals surface area (Å²) in [6.45, 7) is 9.22. The molecular formula is C29H37N3O6. The van der Waals surface area contributed by atoms with Crippen molar-refractivity contribution in [3.05, 3.63) is 58.3 Å². The zero-order valence-corrected chi connectivity index (χ0v) is 22.9. The van der Waals surface area contributed by atoms with Gasteiger partial charge in [-0.1, -0.05) is 26.0 Å². The summed E-state index contributed by atoms with van der Waals surface area (Å²) >= 11 is 0. The quantitative estimate of drug-likeness (QED) is 0.408. The van der Waals surface area contributed by atoms with E-state index < -0.39 is 12.1 Å². The second kappa shape index (κ2) is 12.5. The van der Waals surface area contributed by atoms with Crippen molar-refractivity contribution < 1.29 is 23.8 Å². The van der Waals surface area contributed by atoms with Crippen LogP contribution in [0.4, 0.5) is 5.69 Å². The predicted molar refractivity (Wildman–Crippen MR) is 148 cm³/mol. The summed E-state index contributed by atoms with van der Waals surface area (Å²) in [7, 11) is 4.65. The van der Waals surface area contributed by atoms with Gasteiger partial charge >= 0.3 is 0 Å². The molecule has 9 heteroatoms. The van der Waals surface area contributed by atoms with E-state index in [4.69, 9.17) is 14.2 Å². The molecule has 2 aromatic carbocycles. The summed E-state index contributed by atoms with van der Waals surface area (Å²) in [5, 5.41) is 8.93. The lowest BCUT2D eigenvalue weighted by Crippen LogP contribution is -2.43. The van der Waals surface area contributed by atoms with Gasteiger partial charge in [0, 0.05) is 19.0 Å². The summed E-state index contributed by atoms with van der Waals surface area (Å²) < 4.78 is 17.0. The van der Waals surface area contributed by atoms with Gasteiger partial charge < -0.3 is 30.2 Å². The Hall–Kier alpha value is -4.01. The Morgan fingerprint density at radius 1 is 1.11 bits per heavy atom. The van der Waals surface area contributed by atoms with Gasteiger partial charge in [-0.15, -0.1) is 6.58 Å². The Labute approximate surface area is 223 Å². The fraction of sp³-hybridized carbons (Fsp3) is 0.414. The number of nitrogens with one attached hydrogen (secondary N) is 3. The zero-order chi connectivity index (χ0) is 28.0. The lowest BCUT2D eigenvalue weighted by Gasteiger charge is -2.21. The van der Waals surface area contributed by atoms with Crippen molar-refractivity contribution in [2.75, 3.05) is 33.2 Å². The molecule has 204 valence electrons. The number of ether oxygens (including phenoxy) is 3. The summed E-state index contributed by atoms with van der Waals surface area (Å²) in [5.41, 5.74) is 3.04. The molecule has 2 aromatic rings. The van der Waals surface area contributed by atoms with E-state index in [1.165, 1.54) is 20.1 Å². The van der Waals surface area contributed by atoms with E-state index in [0.717, 1.165) is 16.7 Å². The maximum atomic E-state index is 13.5.